The van der Waals surface area contributed by atoms with E-state index in [0.717, 1.165) is 4.90 Å². The third-order valence-corrected chi connectivity index (χ3v) is 11.8. The van der Waals surface area contributed by atoms with Crippen LogP contribution in [0.1, 0.15) is 24.3 Å². The lowest BCUT2D eigenvalue weighted by molar-refractivity contribution is -0.125. The SMILES string of the molecule is O=C1[C@H]2[C@H](CC=C3[C@H]2C[C@@]2(Cl)C(=O)N(c4c(F)c(F)c(F)c(F)c4F)C(=O)[C@@]2(Cl)[C@H]3c2ccccc2OCCO)C(=O)N1c1ccc(Br)cc1. The largest absolute Gasteiger partial charge is 0.491 e. The molecule has 4 amide bonds. The summed E-state index contributed by atoms with van der Waals surface area (Å²) in [5.74, 6) is -21.3. The molecule has 2 heterocycles. The number of ether oxygens (including phenoxy) is 1. The Labute approximate surface area is 298 Å². The number of aliphatic hydroxyl groups excluding tert-OH is 1. The molecule has 1 N–H and O–H groups in total. The zero-order valence-corrected chi connectivity index (χ0v) is 28.3. The third kappa shape index (κ3) is 4.57. The van der Waals surface area contributed by atoms with E-state index in [1.54, 1.807) is 36.4 Å². The van der Waals surface area contributed by atoms with Crippen molar-refractivity contribution in [3.05, 3.63) is 99.3 Å². The van der Waals surface area contributed by atoms with Crippen LogP contribution < -0.4 is 14.5 Å². The number of carbonyl (C=O) groups is 4. The number of hydrogen-bond donors (Lipinski definition) is 1. The molecular weight excluding hydrogens is 778 g/mol. The summed E-state index contributed by atoms with van der Waals surface area (Å²) in [5, 5.41) is 9.48. The Morgan fingerprint density at radius 3 is 2.08 bits per heavy atom. The molecule has 1 saturated carbocycles. The van der Waals surface area contributed by atoms with Crippen LogP contribution in [0.3, 0.4) is 0 Å². The molecule has 8 nitrogen and oxygen atoms in total. The van der Waals surface area contributed by atoms with Crippen LogP contribution in [0.25, 0.3) is 0 Å². The van der Waals surface area contributed by atoms with E-state index < -0.39 is 105 Å². The summed E-state index contributed by atoms with van der Waals surface area (Å²) in [6.07, 6.45) is 0.940. The summed E-state index contributed by atoms with van der Waals surface area (Å²) in [4.78, 5) is 52.2. The van der Waals surface area contributed by atoms with Gasteiger partial charge in [0.15, 0.2) is 33.0 Å². The maximum atomic E-state index is 15.2. The van der Waals surface area contributed by atoms with Crippen LogP contribution in [0.4, 0.5) is 33.3 Å². The van der Waals surface area contributed by atoms with E-state index in [0.29, 0.717) is 4.47 Å². The first kappa shape index (κ1) is 34.6. The Morgan fingerprint density at radius 2 is 1.44 bits per heavy atom. The number of amides is 4. The van der Waals surface area contributed by atoms with Gasteiger partial charge in [-0.1, -0.05) is 45.8 Å². The van der Waals surface area contributed by atoms with Crippen molar-refractivity contribution in [2.24, 2.45) is 17.8 Å². The number of hydrogen-bond acceptors (Lipinski definition) is 6. The van der Waals surface area contributed by atoms with Gasteiger partial charge in [0, 0.05) is 16.0 Å². The number of rotatable bonds is 6. The molecule has 3 aromatic carbocycles. The van der Waals surface area contributed by atoms with Crippen molar-refractivity contribution in [2.45, 2.75) is 28.5 Å². The van der Waals surface area contributed by atoms with Crippen molar-refractivity contribution in [3.63, 3.8) is 0 Å². The van der Waals surface area contributed by atoms with E-state index in [9.17, 15) is 37.5 Å². The van der Waals surface area contributed by atoms with Gasteiger partial charge < -0.3 is 9.84 Å². The molecular formula is C34H22BrCl2F5N2O6. The fourth-order valence-electron chi connectivity index (χ4n) is 7.76. The molecule has 3 fully saturated rings. The van der Waals surface area contributed by atoms with E-state index in [2.05, 4.69) is 15.9 Å². The van der Waals surface area contributed by atoms with Gasteiger partial charge in [0.1, 0.15) is 18.0 Å². The number of carbonyl (C=O) groups excluding carboxylic acids is 4. The van der Waals surface area contributed by atoms with Crippen molar-refractivity contribution in [1.82, 2.24) is 0 Å². The fourth-order valence-corrected chi connectivity index (χ4v) is 8.95. The van der Waals surface area contributed by atoms with Gasteiger partial charge in [-0.3, -0.25) is 24.1 Å². The van der Waals surface area contributed by atoms with Crippen molar-refractivity contribution < 1.29 is 51.0 Å². The van der Waals surface area contributed by atoms with Gasteiger partial charge in [-0.05, 0) is 49.1 Å². The normalized spacial score (nSPS) is 28.9. The first-order chi connectivity index (χ1) is 23.7. The number of allylic oxidation sites excluding steroid dienone is 2. The molecule has 6 atom stereocenters. The molecule has 0 unspecified atom stereocenters. The van der Waals surface area contributed by atoms with Gasteiger partial charge in [-0.2, -0.15) is 0 Å². The van der Waals surface area contributed by atoms with Gasteiger partial charge in [-0.25, -0.2) is 26.9 Å². The van der Waals surface area contributed by atoms with E-state index in [4.69, 9.17) is 27.9 Å². The zero-order chi connectivity index (χ0) is 36.0. The summed E-state index contributed by atoms with van der Waals surface area (Å²) in [5.41, 5.74) is -1.21. The van der Waals surface area contributed by atoms with Crippen LogP contribution in [0.2, 0.25) is 0 Å². The average molecular weight is 800 g/mol. The Bertz CT molecular complexity index is 2020. The summed E-state index contributed by atoms with van der Waals surface area (Å²) < 4.78 is 79.9. The smallest absolute Gasteiger partial charge is 0.258 e. The standard InChI is InChI=1S/C34H22BrCl2F5N2O6/c35-14-5-7-15(8-6-14)43-29(46)18-10-9-16-19(21(18)30(43)47)13-33(36)31(48)44(28-26(41)24(39)23(38)25(40)27(28)42)32(49)34(33,37)22(16)17-3-1-2-4-20(17)50-12-11-45/h1-9,18-19,21-22,45H,10-13H2/t18-,19+,21-,22+,33+,34-/m0/s1. The van der Waals surface area contributed by atoms with Crippen LogP contribution in [0.15, 0.2) is 64.7 Å². The topological polar surface area (TPSA) is 104 Å². The summed E-state index contributed by atoms with van der Waals surface area (Å²) in [7, 11) is 0. The molecule has 2 aliphatic heterocycles. The minimum Gasteiger partial charge on any atom is -0.491 e. The number of imide groups is 2. The molecule has 260 valence electrons. The Hall–Kier alpha value is -3.85. The maximum absolute atomic E-state index is 15.2. The fraction of sp³-hybridized carbons (Fsp3) is 0.294. The lowest BCUT2D eigenvalue weighted by atomic mass is 9.56. The Morgan fingerprint density at radius 1 is 0.820 bits per heavy atom. The monoisotopic (exact) mass is 798 g/mol. The first-order valence-electron chi connectivity index (χ1n) is 15.1. The molecule has 7 rings (SSSR count). The van der Waals surface area contributed by atoms with Gasteiger partial charge in [0.25, 0.3) is 11.8 Å². The summed E-state index contributed by atoms with van der Waals surface area (Å²) >= 11 is 17.7. The van der Waals surface area contributed by atoms with Crippen molar-refractivity contribution in [1.29, 1.82) is 0 Å². The maximum Gasteiger partial charge on any atom is 0.258 e. The van der Waals surface area contributed by atoms with Gasteiger partial charge in [-0.15, -0.1) is 23.2 Å². The predicted molar refractivity (Wildman–Crippen MR) is 172 cm³/mol. The number of alkyl halides is 2. The van der Waals surface area contributed by atoms with Crippen molar-refractivity contribution in [2.75, 3.05) is 23.0 Å². The predicted octanol–water partition coefficient (Wildman–Crippen LogP) is 6.28. The summed E-state index contributed by atoms with van der Waals surface area (Å²) in [6, 6.07) is 12.4. The van der Waals surface area contributed by atoms with E-state index in [-0.39, 0.29) is 40.5 Å². The number of halogens is 8. The third-order valence-electron chi connectivity index (χ3n) is 9.89. The highest BCUT2D eigenvalue weighted by atomic mass is 79.9. The van der Waals surface area contributed by atoms with Gasteiger partial charge >= 0.3 is 0 Å². The van der Waals surface area contributed by atoms with Crippen LogP contribution in [0, 0.1) is 46.8 Å². The second-order valence-corrected chi connectivity index (χ2v) is 14.4. The quantitative estimate of drug-likeness (QED) is 0.0787. The molecule has 0 spiro atoms. The second-order valence-electron chi connectivity index (χ2n) is 12.3. The molecule has 0 radical (unpaired) electrons. The minimum absolute atomic E-state index is 0.0178. The van der Waals surface area contributed by atoms with E-state index >= 15 is 8.78 Å². The van der Waals surface area contributed by atoms with Gasteiger partial charge in [0.2, 0.25) is 17.6 Å². The average Bonchev–Trinajstić information content (AvgIpc) is 3.44. The van der Waals surface area contributed by atoms with Crippen LogP contribution in [0.5, 0.6) is 5.75 Å². The number of aliphatic hydroxyl groups is 1. The molecule has 50 heavy (non-hydrogen) atoms. The lowest BCUT2D eigenvalue weighted by Crippen LogP contribution is -2.60. The van der Waals surface area contributed by atoms with Crippen molar-refractivity contribution >= 4 is 74.1 Å². The molecule has 0 bridgehead atoms. The molecule has 4 aliphatic rings. The number of benzene rings is 3. The minimum atomic E-state index is -2.70. The van der Waals surface area contributed by atoms with E-state index in [1.165, 1.54) is 18.2 Å². The number of nitrogens with zero attached hydrogens (tertiary/aromatic N) is 2. The van der Waals surface area contributed by atoms with Crippen molar-refractivity contribution in [3.8, 4) is 5.75 Å². The molecule has 2 saturated heterocycles. The van der Waals surface area contributed by atoms with Crippen LogP contribution >= 0.6 is 39.1 Å². The number of para-hydroxylation sites is 1. The Kier molecular flexibility index (Phi) is 8.40. The first-order valence-corrected chi connectivity index (χ1v) is 16.7. The van der Waals surface area contributed by atoms with E-state index in [1.807, 2.05) is 0 Å². The second kappa shape index (κ2) is 12.1. The summed E-state index contributed by atoms with van der Waals surface area (Å²) in [6.45, 7) is -0.676. The zero-order valence-electron chi connectivity index (χ0n) is 25.2. The number of fused-ring (bicyclic) bond motifs is 4. The molecule has 2 aliphatic carbocycles. The van der Waals surface area contributed by atoms with Crippen LogP contribution in [-0.4, -0.2) is 51.7 Å². The molecule has 3 aromatic rings. The Balaban J connectivity index is 1.44. The highest BCUT2D eigenvalue weighted by Gasteiger charge is 2.77. The van der Waals surface area contributed by atoms with Crippen LogP contribution in [-0.2, 0) is 19.2 Å². The highest BCUT2D eigenvalue weighted by molar-refractivity contribution is 9.10. The molecule has 0 aromatic heterocycles. The lowest BCUT2D eigenvalue weighted by Gasteiger charge is -2.50. The number of anilines is 2. The molecule has 16 heteroatoms. The van der Waals surface area contributed by atoms with Gasteiger partial charge in [0.05, 0.1) is 24.1 Å². The highest BCUT2D eigenvalue weighted by Crippen LogP contribution is 2.66.